The van der Waals surface area contributed by atoms with Crippen LogP contribution in [0.1, 0.15) is 11.9 Å². The maximum absolute atomic E-state index is 5.50. The number of hydrogen-bond donors (Lipinski definition) is 3. The van der Waals surface area contributed by atoms with Gasteiger partial charge < -0.3 is 5.73 Å². The van der Waals surface area contributed by atoms with Crippen molar-refractivity contribution >= 4 is 0 Å². The summed E-state index contributed by atoms with van der Waals surface area (Å²) in [7, 11) is 0. The Balaban J connectivity index is 2.75. The van der Waals surface area contributed by atoms with Gasteiger partial charge in [-0.1, -0.05) is 6.07 Å². The van der Waals surface area contributed by atoms with Crippen molar-refractivity contribution in [1.29, 1.82) is 0 Å². The summed E-state index contributed by atoms with van der Waals surface area (Å²) in [4.78, 5) is 3.98. The van der Waals surface area contributed by atoms with Gasteiger partial charge in [0.1, 0.15) is 6.17 Å². The lowest BCUT2D eigenvalue weighted by molar-refractivity contribution is 0.562. The minimum Gasteiger partial charge on any atom is -0.310 e. The Hall–Kier alpha value is -0.970. The summed E-state index contributed by atoms with van der Waals surface area (Å²) < 4.78 is 0. The standard InChI is InChI=1S/C6H10N4/c7-6(10-8)5-3-1-2-4-9-5/h1-4,6,10H,7-8H2. The van der Waals surface area contributed by atoms with Crippen molar-refractivity contribution in [3.8, 4) is 0 Å². The molecular formula is C6H10N4. The summed E-state index contributed by atoms with van der Waals surface area (Å²) in [6.45, 7) is 0. The van der Waals surface area contributed by atoms with Crippen LogP contribution in [0.4, 0.5) is 0 Å². The molecule has 5 N–H and O–H groups in total. The van der Waals surface area contributed by atoms with Crippen molar-refractivity contribution in [2.24, 2.45) is 11.6 Å². The Morgan fingerprint density at radius 3 is 2.80 bits per heavy atom. The van der Waals surface area contributed by atoms with Crippen molar-refractivity contribution in [2.75, 3.05) is 0 Å². The van der Waals surface area contributed by atoms with Crippen molar-refractivity contribution in [1.82, 2.24) is 10.4 Å². The molecule has 0 saturated heterocycles. The molecule has 10 heavy (non-hydrogen) atoms. The number of aromatic nitrogens is 1. The van der Waals surface area contributed by atoms with Gasteiger partial charge in [0.05, 0.1) is 5.69 Å². The van der Waals surface area contributed by atoms with Crippen molar-refractivity contribution in [2.45, 2.75) is 6.17 Å². The van der Waals surface area contributed by atoms with E-state index < -0.39 is 0 Å². The number of hydrogen-bond acceptors (Lipinski definition) is 4. The summed E-state index contributed by atoms with van der Waals surface area (Å²) in [6.07, 6.45) is 1.30. The van der Waals surface area contributed by atoms with Crippen LogP contribution in [0.2, 0.25) is 0 Å². The highest BCUT2D eigenvalue weighted by molar-refractivity contribution is 5.06. The van der Waals surface area contributed by atoms with Crippen LogP contribution >= 0.6 is 0 Å². The predicted molar refractivity (Wildman–Crippen MR) is 38.5 cm³/mol. The van der Waals surface area contributed by atoms with Gasteiger partial charge in [-0.15, -0.1) is 0 Å². The lowest BCUT2D eigenvalue weighted by atomic mass is 10.3. The molecule has 0 aliphatic rings. The third-order valence-electron chi connectivity index (χ3n) is 1.19. The van der Waals surface area contributed by atoms with E-state index >= 15 is 0 Å². The average molecular weight is 138 g/mol. The summed E-state index contributed by atoms with van der Waals surface area (Å²) in [5.74, 6) is 5.09. The predicted octanol–water partition coefficient (Wildman–Crippen LogP) is -0.498. The second-order valence-corrected chi connectivity index (χ2v) is 1.90. The lowest BCUT2D eigenvalue weighted by Crippen LogP contribution is -2.34. The molecule has 1 heterocycles. The lowest BCUT2D eigenvalue weighted by Gasteiger charge is -2.07. The average Bonchev–Trinajstić information content (AvgIpc) is 2.05. The Bertz CT molecular complexity index is 186. The molecule has 0 aliphatic carbocycles. The zero-order valence-electron chi connectivity index (χ0n) is 5.49. The fourth-order valence-electron chi connectivity index (χ4n) is 0.645. The Labute approximate surface area is 59.2 Å². The van der Waals surface area contributed by atoms with Crippen LogP contribution in [0.15, 0.2) is 24.4 Å². The van der Waals surface area contributed by atoms with Crippen LogP contribution in [0.5, 0.6) is 0 Å². The number of nitrogens with one attached hydrogen (secondary N) is 1. The van der Waals surface area contributed by atoms with E-state index in [1.54, 1.807) is 6.20 Å². The molecule has 0 amide bonds. The van der Waals surface area contributed by atoms with Crippen LogP contribution in [0, 0.1) is 0 Å². The second-order valence-electron chi connectivity index (χ2n) is 1.90. The molecular weight excluding hydrogens is 128 g/mol. The fourth-order valence-corrected chi connectivity index (χ4v) is 0.645. The molecule has 0 fully saturated rings. The van der Waals surface area contributed by atoms with Gasteiger partial charge >= 0.3 is 0 Å². The molecule has 0 saturated carbocycles. The minimum absolute atomic E-state index is 0.374. The number of hydrazine groups is 1. The summed E-state index contributed by atoms with van der Waals surface area (Å²) in [6, 6.07) is 5.50. The van der Waals surface area contributed by atoms with Crippen LogP contribution in [-0.4, -0.2) is 4.98 Å². The van der Waals surface area contributed by atoms with Crippen LogP contribution in [-0.2, 0) is 0 Å². The molecule has 4 heteroatoms. The van der Waals surface area contributed by atoms with Crippen molar-refractivity contribution in [3.05, 3.63) is 30.1 Å². The molecule has 4 nitrogen and oxygen atoms in total. The van der Waals surface area contributed by atoms with E-state index in [1.807, 2.05) is 18.2 Å². The summed E-state index contributed by atoms with van der Waals surface area (Å²) in [5, 5.41) is 0. The number of nitrogens with two attached hydrogens (primary N) is 2. The van der Waals surface area contributed by atoms with E-state index in [0.29, 0.717) is 0 Å². The molecule has 0 radical (unpaired) electrons. The van der Waals surface area contributed by atoms with Gasteiger partial charge in [0.25, 0.3) is 0 Å². The molecule has 0 bridgehead atoms. The molecule has 1 aromatic rings. The number of nitrogens with zero attached hydrogens (tertiary/aromatic N) is 1. The highest BCUT2D eigenvalue weighted by Crippen LogP contribution is 1.99. The van der Waals surface area contributed by atoms with Gasteiger partial charge in [-0.3, -0.25) is 10.8 Å². The Morgan fingerprint density at radius 1 is 1.50 bits per heavy atom. The first kappa shape index (κ1) is 7.14. The first-order chi connectivity index (χ1) is 4.84. The first-order valence-electron chi connectivity index (χ1n) is 2.97. The second kappa shape index (κ2) is 3.26. The van der Waals surface area contributed by atoms with Gasteiger partial charge in [-0.2, -0.15) is 0 Å². The van der Waals surface area contributed by atoms with E-state index in [2.05, 4.69) is 10.4 Å². The maximum Gasteiger partial charge on any atom is 0.111 e. The van der Waals surface area contributed by atoms with E-state index in [-0.39, 0.29) is 6.17 Å². The zero-order chi connectivity index (χ0) is 7.40. The van der Waals surface area contributed by atoms with Gasteiger partial charge in [0.15, 0.2) is 0 Å². The Kier molecular flexibility index (Phi) is 2.33. The fraction of sp³-hybridized carbons (Fsp3) is 0.167. The van der Waals surface area contributed by atoms with Gasteiger partial charge in [0, 0.05) is 6.20 Å². The van der Waals surface area contributed by atoms with Crippen LogP contribution < -0.4 is 17.0 Å². The van der Waals surface area contributed by atoms with E-state index in [4.69, 9.17) is 11.6 Å². The molecule has 1 atom stereocenters. The molecule has 0 aliphatic heterocycles. The van der Waals surface area contributed by atoms with E-state index in [9.17, 15) is 0 Å². The monoisotopic (exact) mass is 138 g/mol. The summed E-state index contributed by atoms with van der Waals surface area (Å²) >= 11 is 0. The largest absolute Gasteiger partial charge is 0.310 e. The van der Waals surface area contributed by atoms with Crippen LogP contribution in [0.25, 0.3) is 0 Å². The molecule has 1 aromatic heterocycles. The normalized spacial score (nSPS) is 13.0. The third-order valence-corrected chi connectivity index (χ3v) is 1.19. The minimum atomic E-state index is -0.374. The van der Waals surface area contributed by atoms with Gasteiger partial charge in [-0.25, -0.2) is 5.43 Å². The van der Waals surface area contributed by atoms with Crippen LogP contribution in [0.3, 0.4) is 0 Å². The number of rotatable bonds is 2. The highest BCUT2D eigenvalue weighted by Gasteiger charge is 2.00. The quantitative estimate of drug-likeness (QED) is 0.292. The van der Waals surface area contributed by atoms with Crippen molar-refractivity contribution in [3.63, 3.8) is 0 Å². The molecule has 0 spiro atoms. The molecule has 1 unspecified atom stereocenters. The smallest absolute Gasteiger partial charge is 0.111 e. The SMILES string of the molecule is NNC(N)c1ccccn1. The number of pyridine rings is 1. The topological polar surface area (TPSA) is 77.0 Å². The summed E-state index contributed by atoms with van der Waals surface area (Å²) in [5.41, 5.74) is 8.63. The van der Waals surface area contributed by atoms with E-state index in [0.717, 1.165) is 5.69 Å². The molecule has 54 valence electrons. The third kappa shape index (κ3) is 1.51. The van der Waals surface area contributed by atoms with Gasteiger partial charge in [0.2, 0.25) is 0 Å². The highest BCUT2D eigenvalue weighted by atomic mass is 15.3. The zero-order valence-corrected chi connectivity index (χ0v) is 5.49. The first-order valence-corrected chi connectivity index (χ1v) is 2.97. The Morgan fingerprint density at radius 2 is 2.30 bits per heavy atom. The molecule has 0 aromatic carbocycles. The van der Waals surface area contributed by atoms with Crippen molar-refractivity contribution < 1.29 is 0 Å². The van der Waals surface area contributed by atoms with E-state index in [1.165, 1.54) is 0 Å². The maximum atomic E-state index is 5.50. The van der Waals surface area contributed by atoms with Gasteiger partial charge in [-0.05, 0) is 12.1 Å². The molecule has 1 rings (SSSR count).